The van der Waals surface area contributed by atoms with Crippen molar-refractivity contribution in [2.75, 3.05) is 28.7 Å². The van der Waals surface area contributed by atoms with Crippen LogP contribution in [0.2, 0.25) is 0 Å². The highest BCUT2D eigenvalue weighted by atomic mass is 15.4. The largest absolute Gasteiger partial charge is 0.341 e. The molecule has 142 valence electrons. The number of nitrogens with zero attached hydrogens (tertiary/aromatic N) is 5. The van der Waals surface area contributed by atoms with Gasteiger partial charge in [-0.1, -0.05) is 48.5 Å². The van der Waals surface area contributed by atoms with Crippen molar-refractivity contribution in [3.8, 4) is 0 Å². The molecule has 0 radical (unpaired) electrons. The topological polar surface area (TPSA) is 78.3 Å². The monoisotopic (exact) mass is 373 g/mol. The minimum Gasteiger partial charge on any atom is -0.341 e. The van der Waals surface area contributed by atoms with E-state index in [9.17, 15) is 0 Å². The first-order valence-electron chi connectivity index (χ1n) is 9.47. The molecule has 1 aliphatic rings. The van der Waals surface area contributed by atoms with Crippen molar-refractivity contribution in [2.45, 2.75) is 19.8 Å². The summed E-state index contributed by atoms with van der Waals surface area (Å²) in [6.45, 7) is 3.87. The second-order valence-corrected chi connectivity index (χ2v) is 6.64. The van der Waals surface area contributed by atoms with E-state index in [0.717, 1.165) is 42.9 Å². The summed E-state index contributed by atoms with van der Waals surface area (Å²) in [5, 5.41) is 7.70. The van der Waals surface area contributed by atoms with E-state index in [1.54, 1.807) is 0 Å². The van der Waals surface area contributed by atoms with Gasteiger partial charge in [0, 0.05) is 18.8 Å². The fraction of sp³-hybridized carbons (Fsp3) is 0.238. The number of hydrogen-bond donors (Lipinski definition) is 2. The van der Waals surface area contributed by atoms with Crippen LogP contribution in [0.1, 0.15) is 25.3 Å². The van der Waals surface area contributed by atoms with Crippen LogP contribution in [0.15, 0.2) is 65.8 Å². The molecule has 2 heterocycles. The summed E-state index contributed by atoms with van der Waals surface area (Å²) in [4.78, 5) is 15.8. The molecular formula is C21H23N7. The summed E-state index contributed by atoms with van der Waals surface area (Å²) in [5.74, 6) is 1.59. The van der Waals surface area contributed by atoms with Crippen molar-refractivity contribution in [3.63, 3.8) is 0 Å². The van der Waals surface area contributed by atoms with Crippen LogP contribution in [0.3, 0.4) is 0 Å². The van der Waals surface area contributed by atoms with Gasteiger partial charge in [-0.25, -0.2) is 5.43 Å². The highest BCUT2D eigenvalue weighted by molar-refractivity contribution is 5.98. The molecule has 4 rings (SSSR count). The second kappa shape index (κ2) is 8.47. The number of rotatable bonds is 6. The molecule has 0 amide bonds. The maximum absolute atomic E-state index is 4.60. The van der Waals surface area contributed by atoms with Crippen molar-refractivity contribution < 1.29 is 0 Å². The lowest BCUT2D eigenvalue weighted by Gasteiger charge is -2.16. The van der Waals surface area contributed by atoms with E-state index in [0.29, 0.717) is 17.8 Å². The van der Waals surface area contributed by atoms with Gasteiger partial charge in [0.15, 0.2) is 0 Å². The lowest BCUT2D eigenvalue weighted by Crippen LogP contribution is -2.22. The SMILES string of the molecule is C/C(=N/Nc1nc(Nc2ccccc2)nc(N2CCCC2)n1)c1ccccc1. The predicted molar refractivity (Wildman–Crippen MR) is 113 cm³/mol. The average Bonchev–Trinajstić information content (AvgIpc) is 3.28. The first-order valence-corrected chi connectivity index (χ1v) is 9.47. The fourth-order valence-corrected chi connectivity index (χ4v) is 3.06. The Labute approximate surface area is 164 Å². The molecule has 28 heavy (non-hydrogen) atoms. The summed E-state index contributed by atoms with van der Waals surface area (Å²) in [6.07, 6.45) is 2.31. The number of benzene rings is 2. The molecule has 0 unspecified atom stereocenters. The summed E-state index contributed by atoms with van der Waals surface area (Å²) in [7, 11) is 0. The van der Waals surface area contributed by atoms with E-state index < -0.39 is 0 Å². The van der Waals surface area contributed by atoms with Crippen LogP contribution in [0.25, 0.3) is 0 Å². The summed E-state index contributed by atoms with van der Waals surface area (Å²) in [6, 6.07) is 19.9. The van der Waals surface area contributed by atoms with Crippen molar-refractivity contribution in [2.24, 2.45) is 5.10 Å². The van der Waals surface area contributed by atoms with Gasteiger partial charge in [-0.15, -0.1) is 0 Å². The molecule has 1 aliphatic heterocycles. The van der Waals surface area contributed by atoms with Gasteiger partial charge in [-0.2, -0.15) is 20.1 Å². The molecule has 1 aromatic heterocycles. The van der Waals surface area contributed by atoms with E-state index in [-0.39, 0.29) is 0 Å². The van der Waals surface area contributed by atoms with E-state index in [1.165, 1.54) is 0 Å². The van der Waals surface area contributed by atoms with Crippen molar-refractivity contribution in [1.82, 2.24) is 15.0 Å². The standard InChI is InChI=1S/C21H23N7/c1-16(17-10-4-2-5-11-17)26-27-20-23-19(22-18-12-6-3-7-13-18)24-21(25-20)28-14-8-9-15-28/h2-7,10-13H,8-9,14-15H2,1H3,(H2,22,23,24,25,27)/b26-16-. The fourth-order valence-electron chi connectivity index (χ4n) is 3.06. The minimum atomic E-state index is 0.422. The summed E-state index contributed by atoms with van der Waals surface area (Å²) >= 11 is 0. The Balaban J connectivity index is 1.60. The molecule has 0 aliphatic carbocycles. The number of nitrogens with one attached hydrogen (secondary N) is 2. The molecule has 2 N–H and O–H groups in total. The third-order valence-electron chi connectivity index (χ3n) is 4.56. The van der Waals surface area contributed by atoms with Crippen LogP contribution < -0.4 is 15.6 Å². The van der Waals surface area contributed by atoms with Gasteiger partial charge in [0.25, 0.3) is 0 Å². The van der Waals surface area contributed by atoms with Crippen molar-refractivity contribution >= 4 is 29.2 Å². The molecule has 0 saturated carbocycles. The van der Waals surface area contributed by atoms with Crippen LogP contribution in [0, 0.1) is 0 Å². The maximum Gasteiger partial charge on any atom is 0.250 e. The van der Waals surface area contributed by atoms with E-state index >= 15 is 0 Å². The number of para-hydroxylation sites is 1. The van der Waals surface area contributed by atoms with E-state index in [4.69, 9.17) is 0 Å². The zero-order valence-electron chi connectivity index (χ0n) is 15.8. The molecule has 3 aromatic rings. The molecule has 0 spiro atoms. The highest BCUT2D eigenvalue weighted by Crippen LogP contribution is 2.20. The van der Waals surface area contributed by atoms with Gasteiger partial charge < -0.3 is 10.2 Å². The number of hydrazone groups is 1. The van der Waals surface area contributed by atoms with Crippen LogP contribution in [0.4, 0.5) is 23.5 Å². The van der Waals surface area contributed by atoms with E-state index in [1.807, 2.05) is 67.6 Å². The first kappa shape index (κ1) is 17.9. The van der Waals surface area contributed by atoms with E-state index in [2.05, 4.69) is 35.7 Å². The van der Waals surface area contributed by atoms with Gasteiger partial charge >= 0.3 is 0 Å². The molecule has 2 aromatic carbocycles. The Bertz CT molecular complexity index is 935. The lowest BCUT2D eigenvalue weighted by molar-refractivity contribution is 0.882. The third kappa shape index (κ3) is 4.43. The van der Waals surface area contributed by atoms with Crippen LogP contribution in [-0.4, -0.2) is 33.8 Å². The third-order valence-corrected chi connectivity index (χ3v) is 4.56. The van der Waals surface area contributed by atoms with Crippen LogP contribution in [0.5, 0.6) is 0 Å². The molecular weight excluding hydrogens is 350 g/mol. The Hall–Kier alpha value is -3.48. The molecule has 1 fully saturated rings. The predicted octanol–water partition coefficient (Wildman–Crippen LogP) is 4.05. The average molecular weight is 373 g/mol. The minimum absolute atomic E-state index is 0.422. The Kier molecular flexibility index (Phi) is 5.42. The van der Waals surface area contributed by atoms with Gasteiger partial charge in [0.05, 0.1) is 5.71 Å². The zero-order valence-corrected chi connectivity index (χ0v) is 15.8. The molecule has 7 nitrogen and oxygen atoms in total. The normalized spacial score (nSPS) is 14.2. The maximum atomic E-state index is 4.60. The molecule has 0 atom stereocenters. The Morgan fingerprint density at radius 3 is 2.21 bits per heavy atom. The first-order chi connectivity index (χ1) is 13.8. The van der Waals surface area contributed by atoms with Gasteiger partial charge in [-0.05, 0) is 37.5 Å². The summed E-state index contributed by atoms with van der Waals surface area (Å²) in [5.41, 5.74) is 5.83. The lowest BCUT2D eigenvalue weighted by atomic mass is 10.1. The molecule has 0 bridgehead atoms. The summed E-state index contributed by atoms with van der Waals surface area (Å²) < 4.78 is 0. The Morgan fingerprint density at radius 1 is 0.857 bits per heavy atom. The zero-order chi connectivity index (χ0) is 19.2. The van der Waals surface area contributed by atoms with Crippen LogP contribution in [-0.2, 0) is 0 Å². The second-order valence-electron chi connectivity index (χ2n) is 6.64. The van der Waals surface area contributed by atoms with Crippen LogP contribution >= 0.6 is 0 Å². The van der Waals surface area contributed by atoms with Gasteiger partial charge in [-0.3, -0.25) is 0 Å². The molecule has 7 heteroatoms. The van der Waals surface area contributed by atoms with Gasteiger partial charge in [0.2, 0.25) is 17.8 Å². The number of anilines is 4. The van der Waals surface area contributed by atoms with Gasteiger partial charge in [0.1, 0.15) is 0 Å². The van der Waals surface area contributed by atoms with Crippen molar-refractivity contribution in [1.29, 1.82) is 0 Å². The van der Waals surface area contributed by atoms with Crippen molar-refractivity contribution in [3.05, 3.63) is 66.2 Å². The molecule has 1 saturated heterocycles. The highest BCUT2D eigenvalue weighted by Gasteiger charge is 2.17. The smallest absolute Gasteiger partial charge is 0.250 e. The quantitative estimate of drug-likeness (QED) is 0.501. The number of aromatic nitrogens is 3. The number of hydrogen-bond acceptors (Lipinski definition) is 7. The Morgan fingerprint density at radius 2 is 1.50 bits per heavy atom.